The summed E-state index contributed by atoms with van der Waals surface area (Å²) < 4.78 is 1.62. The van der Waals surface area contributed by atoms with Gasteiger partial charge >= 0.3 is 0 Å². The van der Waals surface area contributed by atoms with Gasteiger partial charge in [0.05, 0.1) is 11.4 Å². The molecule has 0 saturated heterocycles. The normalized spacial score (nSPS) is 10.1. The number of hydrogen-bond donors (Lipinski definition) is 0. The Morgan fingerprint density at radius 3 is 1.89 bits per heavy atom. The maximum Gasteiger partial charge on any atom is 0.0836 e. The molecular formula is C5H9N3S. The summed E-state index contributed by atoms with van der Waals surface area (Å²) >= 11 is 1.50. The van der Waals surface area contributed by atoms with E-state index in [1.807, 2.05) is 20.1 Å². The van der Waals surface area contributed by atoms with Gasteiger partial charge in [-0.25, -0.2) is 0 Å². The van der Waals surface area contributed by atoms with Crippen molar-refractivity contribution < 1.29 is 0 Å². The van der Waals surface area contributed by atoms with E-state index in [1.54, 1.807) is 4.20 Å². The van der Waals surface area contributed by atoms with Crippen molar-refractivity contribution in [1.82, 2.24) is 14.4 Å². The zero-order valence-electron chi connectivity index (χ0n) is 5.75. The molecule has 0 spiro atoms. The van der Waals surface area contributed by atoms with Gasteiger partial charge in [-0.2, -0.15) is 0 Å². The largest absolute Gasteiger partial charge is 0.147 e. The number of nitrogens with zero attached hydrogens (tertiary/aromatic N) is 3. The van der Waals surface area contributed by atoms with E-state index >= 15 is 0 Å². The summed E-state index contributed by atoms with van der Waals surface area (Å²) in [5, 5.41) is 8.19. The van der Waals surface area contributed by atoms with Gasteiger partial charge in [-0.3, -0.25) is 0 Å². The van der Waals surface area contributed by atoms with Gasteiger partial charge in [0.1, 0.15) is 0 Å². The standard InChI is InChI=1S/C5H9N3S/c1-4-5(2)7-8(6-4)9-3/h1-3H3. The van der Waals surface area contributed by atoms with Crippen molar-refractivity contribution in [1.29, 1.82) is 0 Å². The molecular weight excluding hydrogens is 134 g/mol. The van der Waals surface area contributed by atoms with Crippen LogP contribution in [0.3, 0.4) is 0 Å². The van der Waals surface area contributed by atoms with Gasteiger partial charge in [-0.05, 0) is 25.8 Å². The molecule has 0 radical (unpaired) electrons. The first kappa shape index (κ1) is 6.61. The monoisotopic (exact) mass is 143 g/mol. The molecule has 1 aromatic heterocycles. The second-order valence-corrected chi connectivity index (χ2v) is 2.50. The summed E-state index contributed by atoms with van der Waals surface area (Å²) in [6.45, 7) is 3.91. The Hall–Kier alpha value is -0.510. The summed E-state index contributed by atoms with van der Waals surface area (Å²) in [5.74, 6) is 0. The molecule has 1 rings (SSSR count). The fourth-order valence-corrected chi connectivity index (χ4v) is 0.914. The van der Waals surface area contributed by atoms with Crippen molar-refractivity contribution in [2.24, 2.45) is 0 Å². The minimum atomic E-state index is 1.00. The first-order chi connectivity index (χ1) is 4.24. The van der Waals surface area contributed by atoms with E-state index in [2.05, 4.69) is 10.2 Å². The van der Waals surface area contributed by atoms with Crippen molar-refractivity contribution in [3.63, 3.8) is 0 Å². The van der Waals surface area contributed by atoms with Crippen LogP contribution < -0.4 is 0 Å². The lowest BCUT2D eigenvalue weighted by molar-refractivity contribution is 0.850. The number of aryl methyl sites for hydroxylation is 2. The van der Waals surface area contributed by atoms with Crippen LogP contribution in [0.4, 0.5) is 0 Å². The van der Waals surface area contributed by atoms with Crippen LogP contribution in [-0.2, 0) is 0 Å². The van der Waals surface area contributed by atoms with Crippen molar-refractivity contribution in [2.45, 2.75) is 13.8 Å². The fourth-order valence-electron chi connectivity index (χ4n) is 0.505. The molecule has 0 aliphatic heterocycles. The average molecular weight is 143 g/mol. The highest BCUT2D eigenvalue weighted by Crippen LogP contribution is 2.01. The minimum Gasteiger partial charge on any atom is -0.147 e. The third kappa shape index (κ3) is 1.24. The maximum atomic E-state index is 4.10. The molecule has 0 atom stereocenters. The lowest BCUT2D eigenvalue weighted by Gasteiger charge is -1.85. The van der Waals surface area contributed by atoms with Crippen LogP contribution in [0, 0.1) is 13.8 Å². The molecule has 0 fully saturated rings. The molecule has 0 N–H and O–H groups in total. The van der Waals surface area contributed by atoms with Gasteiger partial charge in [-0.15, -0.1) is 14.4 Å². The van der Waals surface area contributed by atoms with Gasteiger partial charge in [0.2, 0.25) is 0 Å². The van der Waals surface area contributed by atoms with Crippen molar-refractivity contribution >= 4 is 11.9 Å². The Kier molecular flexibility index (Phi) is 1.75. The first-order valence-corrected chi connectivity index (χ1v) is 3.87. The van der Waals surface area contributed by atoms with Crippen LogP contribution in [0.25, 0.3) is 0 Å². The highest BCUT2D eigenvalue weighted by molar-refractivity contribution is 7.96. The molecule has 1 heterocycles. The zero-order chi connectivity index (χ0) is 6.85. The van der Waals surface area contributed by atoms with Crippen LogP contribution in [0.5, 0.6) is 0 Å². The lowest BCUT2D eigenvalue weighted by Crippen LogP contribution is -1.88. The smallest absolute Gasteiger partial charge is 0.0836 e. The van der Waals surface area contributed by atoms with Crippen LogP contribution in [0.2, 0.25) is 0 Å². The molecule has 0 aromatic carbocycles. The molecule has 0 bridgehead atoms. The maximum absolute atomic E-state index is 4.10. The summed E-state index contributed by atoms with van der Waals surface area (Å²) in [6, 6.07) is 0. The molecule has 3 nitrogen and oxygen atoms in total. The molecule has 4 heteroatoms. The third-order valence-electron chi connectivity index (χ3n) is 1.16. The Morgan fingerprint density at radius 1 is 1.22 bits per heavy atom. The predicted molar refractivity (Wildman–Crippen MR) is 38.4 cm³/mol. The van der Waals surface area contributed by atoms with E-state index in [0.717, 1.165) is 11.4 Å². The number of rotatable bonds is 1. The molecule has 50 valence electrons. The highest BCUT2D eigenvalue weighted by atomic mass is 32.2. The molecule has 1 aromatic rings. The molecule has 0 aliphatic rings. The molecule has 0 amide bonds. The molecule has 0 saturated carbocycles. The van der Waals surface area contributed by atoms with Gasteiger partial charge in [0.15, 0.2) is 0 Å². The van der Waals surface area contributed by atoms with Gasteiger partial charge in [0, 0.05) is 6.26 Å². The summed E-state index contributed by atoms with van der Waals surface area (Å²) in [5.41, 5.74) is 2.01. The molecule has 0 aliphatic carbocycles. The molecule has 9 heavy (non-hydrogen) atoms. The van der Waals surface area contributed by atoms with E-state index in [4.69, 9.17) is 0 Å². The van der Waals surface area contributed by atoms with Gasteiger partial charge < -0.3 is 0 Å². The number of aromatic nitrogens is 3. The van der Waals surface area contributed by atoms with Crippen LogP contribution in [-0.4, -0.2) is 20.7 Å². The van der Waals surface area contributed by atoms with Crippen molar-refractivity contribution in [3.8, 4) is 0 Å². The number of hydrogen-bond acceptors (Lipinski definition) is 3. The molecule has 0 unspecified atom stereocenters. The van der Waals surface area contributed by atoms with Crippen LogP contribution >= 0.6 is 11.9 Å². The van der Waals surface area contributed by atoms with Crippen LogP contribution in [0.1, 0.15) is 11.4 Å². The fraction of sp³-hybridized carbons (Fsp3) is 0.600. The summed E-state index contributed by atoms with van der Waals surface area (Å²) in [7, 11) is 0. The lowest BCUT2D eigenvalue weighted by atomic mass is 10.4. The Bertz CT molecular complexity index is 186. The first-order valence-electron chi connectivity index (χ1n) is 2.69. The quantitative estimate of drug-likeness (QED) is 0.588. The van der Waals surface area contributed by atoms with E-state index < -0.39 is 0 Å². The van der Waals surface area contributed by atoms with E-state index in [-0.39, 0.29) is 0 Å². The van der Waals surface area contributed by atoms with Crippen molar-refractivity contribution in [3.05, 3.63) is 11.4 Å². The minimum absolute atomic E-state index is 1.00. The van der Waals surface area contributed by atoms with Crippen molar-refractivity contribution in [2.75, 3.05) is 6.26 Å². The second kappa shape index (κ2) is 2.39. The van der Waals surface area contributed by atoms with E-state index in [9.17, 15) is 0 Å². The van der Waals surface area contributed by atoms with Gasteiger partial charge in [-0.1, -0.05) is 0 Å². The topological polar surface area (TPSA) is 30.7 Å². The SMILES string of the molecule is CSn1nc(C)c(C)n1. The highest BCUT2D eigenvalue weighted by Gasteiger charge is 1.98. The van der Waals surface area contributed by atoms with Gasteiger partial charge in [0.25, 0.3) is 0 Å². The second-order valence-electron chi connectivity index (χ2n) is 1.81. The van der Waals surface area contributed by atoms with Crippen LogP contribution in [0.15, 0.2) is 0 Å². The summed E-state index contributed by atoms with van der Waals surface area (Å²) in [4.78, 5) is 0. The Morgan fingerprint density at radius 2 is 1.67 bits per heavy atom. The predicted octanol–water partition coefficient (Wildman–Crippen LogP) is 1.02. The Balaban J connectivity index is 2.98. The van der Waals surface area contributed by atoms with E-state index in [0.29, 0.717) is 0 Å². The average Bonchev–Trinajstić information content (AvgIpc) is 2.13. The van der Waals surface area contributed by atoms with E-state index in [1.165, 1.54) is 11.9 Å². The Labute approximate surface area is 58.6 Å². The third-order valence-corrected chi connectivity index (χ3v) is 1.65. The zero-order valence-corrected chi connectivity index (χ0v) is 6.57. The summed E-state index contributed by atoms with van der Waals surface area (Å²) in [6.07, 6.45) is 1.94.